The van der Waals surface area contributed by atoms with Gasteiger partial charge in [0.1, 0.15) is 10.6 Å². The van der Waals surface area contributed by atoms with Gasteiger partial charge in [-0.05, 0) is 57.6 Å². The number of nitrogens with one attached hydrogen (secondary N) is 1. The van der Waals surface area contributed by atoms with Crippen LogP contribution in [0.1, 0.15) is 43.3 Å². The largest absolute Gasteiger partial charge is 0.481 e. The number of thiazole rings is 1. The lowest BCUT2D eigenvalue weighted by atomic mass is 9.74. The molecule has 33 heavy (non-hydrogen) atoms. The number of rotatable bonds is 7. The van der Waals surface area contributed by atoms with E-state index in [2.05, 4.69) is 25.3 Å². The molecule has 0 saturated heterocycles. The maximum absolute atomic E-state index is 11.3. The number of methoxy groups -OCH3 is 1. The first kappa shape index (κ1) is 23.1. The van der Waals surface area contributed by atoms with Gasteiger partial charge in [0, 0.05) is 29.8 Å². The Kier molecular flexibility index (Phi) is 6.57. The molecule has 0 radical (unpaired) electrons. The van der Waals surface area contributed by atoms with E-state index in [0.717, 1.165) is 16.3 Å². The summed E-state index contributed by atoms with van der Waals surface area (Å²) < 4.78 is 5.37. The number of anilines is 2. The molecule has 0 bridgehead atoms. The number of aliphatic hydroxyl groups is 1. The molecule has 9 nitrogen and oxygen atoms in total. The van der Waals surface area contributed by atoms with Crippen LogP contribution in [0.25, 0.3) is 10.6 Å². The molecule has 3 heterocycles. The summed E-state index contributed by atoms with van der Waals surface area (Å²) in [7, 11) is 1.55. The van der Waals surface area contributed by atoms with E-state index in [4.69, 9.17) is 4.74 Å². The first-order valence-corrected chi connectivity index (χ1v) is 11.6. The molecule has 174 valence electrons. The first-order valence-electron chi connectivity index (χ1n) is 10.8. The smallest absolute Gasteiger partial charge is 0.306 e. The summed E-state index contributed by atoms with van der Waals surface area (Å²) in [6.07, 6.45) is 5.84. The molecule has 3 aromatic rings. The van der Waals surface area contributed by atoms with E-state index >= 15 is 0 Å². The molecule has 0 amide bonds. The van der Waals surface area contributed by atoms with Crippen molar-refractivity contribution < 1.29 is 19.7 Å². The second-order valence-corrected chi connectivity index (χ2v) is 9.52. The third kappa shape index (κ3) is 5.12. The van der Waals surface area contributed by atoms with Crippen LogP contribution >= 0.6 is 11.3 Å². The molecule has 0 aliphatic heterocycles. The molecule has 4 rings (SSSR count). The fourth-order valence-electron chi connectivity index (χ4n) is 4.15. The number of hydrogen-bond acceptors (Lipinski definition) is 9. The van der Waals surface area contributed by atoms with E-state index in [1.165, 1.54) is 11.3 Å². The van der Waals surface area contributed by atoms with Crippen LogP contribution < -0.4 is 10.1 Å². The van der Waals surface area contributed by atoms with Gasteiger partial charge in [-0.1, -0.05) is 0 Å². The Labute approximate surface area is 195 Å². The molecular formula is C23H27N5O4S. The molecule has 1 atom stereocenters. The molecule has 1 aliphatic carbocycles. The van der Waals surface area contributed by atoms with Crippen molar-refractivity contribution in [3.63, 3.8) is 0 Å². The molecular weight excluding hydrogens is 442 g/mol. The Morgan fingerprint density at radius 1 is 1.21 bits per heavy atom. The number of carbonyl (C=O) groups is 1. The van der Waals surface area contributed by atoms with Crippen molar-refractivity contribution in [2.75, 3.05) is 12.4 Å². The zero-order valence-electron chi connectivity index (χ0n) is 18.8. The van der Waals surface area contributed by atoms with Gasteiger partial charge in [0.2, 0.25) is 11.8 Å². The predicted octanol–water partition coefficient (Wildman–Crippen LogP) is 4.15. The molecule has 1 saturated carbocycles. The van der Waals surface area contributed by atoms with Crippen molar-refractivity contribution in [3.05, 3.63) is 41.3 Å². The van der Waals surface area contributed by atoms with E-state index in [9.17, 15) is 15.0 Å². The van der Waals surface area contributed by atoms with Gasteiger partial charge in [-0.3, -0.25) is 4.79 Å². The Morgan fingerprint density at radius 3 is 2.64 bits per heavy atom. The molecule has 3 N–H and O–H groups in total. The minimum Gasteiger partial charge on any atom is -0.481 e. The summed E-state index contributed by atoms with van der Waals surface area (Å²) in [5.41, 5.74) is 1.08. The number of hydrogen-bond donors (Lipinski definition) is 3. The first-order chi connectivity index (χ1) is 15.8. The SMILES string of the molecule is COc1cc(Nc2nccc(C)n2)cc(-c2cnc(C(C)(O)[C@H]3CC[C@H](C(=O)O)CC3)s2)n1. The van der Waals surface area contributed by atoms with E-state index in [1.54, 1.807) is 32.5 Å². The van der Waals surface area contributed by atoms with Gasteiger partial charge < -0.3 is 20.3 Å². The van der Waals surface area contributed by atoms with Gasteiger partial charge in [-0.15, -0.1) is 11.3 Å². The highest BCUT2D eigenvalue weighted by molar-refractivity contribution is 7.15. The van der Waals surface area contributed by atoms with Crippen LogP contribution in [0.5, 0.6) is 5.88 Å². The Hall–Kier alpha value is -3.11. The average molecular weight is 470 g/mol. The highest BCUT2D eigenvalue weighted by atomic mass is 32.1. The average Bonchev–Trinajstić information content (AvgIpc) is 3.30. The number of carboxylic acid groups (broad SMARTS) is 1. The second kappa shape index (κ2) is 9.40. The van der Waals surface area contributed by atoms with Crippen LogP contribution in [0.2, 0.25) is 0 Å². The van der Waals surface area contributed by atoms with E-state index < -0.39 is 11.6 Å². The van der Waals surface area contributed by atoms with Crippen LogP contribution in [0, 0.1) is 18.8 Å². The fraction of sp³-hybridized carbons (Fsp3) is 0.435. The number of pyridine rings is 1. The van der Waals surface area contributed by atoms with Crippen molar-refractivity contribution in [3.8, 4) is 16.5 Å². The third-order valence-corrected chi connectivity index (χ3v) is 7.37. The number of aromatic nitrogens is 4. The lowest BCUT2D eigenvalue weighted by Crippen LogP contribution is -2.35. The summed E-state index contributed by atoms with van der Waals surface area (Å²) in [5, 5.41) is 24.3. The molecule has 1 unspecified atom stereocenters. The zero-order valence-corrected chi connectivity index (χ0v) is 19.6. The Bertz CT molecular complexity index is 1140. The number of nitrogens with zero attached hydrogens (tertiary/aromatic N) is 4. The maximum atomic E-state index is 11.3. The second-order valence-electron chi connectivity index (χ2n) is 8.49. The number of aliphatic carboxylic acids is 1. The topological polar surface area (TPSA) is 130 Å². The van der Waals surface area contributed by atoms with Gasteiger partial charge in [0.15, 0.2) is 0 Å². The summed E-state index contributed by atoms with van der Waals surface area (Å²) in [5.74, 6) is -0.223. The summed E-state index contributed by atoms with van der Waals surface area (Å²) >= 11 is 1.38. The van der Waals surface area contributed by atoms with Gasteiger partial charge in [0.25, 0.3) is 0 Å². The van der Waals surface area contributed by atoms with Crippen molar-refractivity contribution in [1.82, 2.24) is 19.9 Å². The highest BCUT2D eigenvalue weighted by Gasteiger charge is 2.40. The quantitative estimate of drug-likeness (QED) is 0.467. The lowest BCUT2D eigenvalue weighted by molar-refractivity contribution is -0.144. The molecule has 0 spiro atoms. The van der Waals surface area contributed by atoms with Crippen molar-refractivity contribution in [2.45, 2.75) is 45.1 Å². The molecule has 0 aromatic carbocycles. The summed E-state index contributed by atoms with van der Waals surface area (Å²) in [6.45, 7) is 3.66. The van der Waals surface area contributed by atoms with Crippen LogP contribution in [-0.2, 0) is 10.4 Å². The van der Waals surface area contributed by atoms with Gasteiger partial charge in [-0.25, -0.2) is 19.9 Å². The minimum atomic E-state index is -1.14. The van der Waals surface area contributed by atoms with Crippen molar-refractivity contribution in [2.24, 2.45) is 11.8 Å². The molecule has 1 aliphatic rings. The Morgan fingerprint density at radius 2 is 1.97 bits per heavy atom. The van der Waals surface area contributed by atoms with Crippen LogP contribution in [-0.4, -0.2) is 43.2 Å². The predicted molar refractivity (Wildman–Crippen MR) is 125 cm³/mol. The highest BCUT2D eigenvalue weighted by Crippen LogP contribution is 2.43. The minimum absolute atomic E-state index is 0.0407. The van der Waals surface area contributed by atoms with Crippen LogP contribution in [0.15, 0.2) is 30.6 Å². The molecule has 3 aromatic heterocycles. The number of aryl methyl sites for hydroxylation is 1. The van der Waals surface area contributed by atoms with Gasteiger partial charge in [-0.2, -0.15) is 0 Å². The third-order valence-electron chi connectivity index (χ3n) is 6.12. The standard InChI is InChI=1S/C23H27N5O4S/c1-13-8-9-24-22(26-13)27-16-10-17(28-19(11-16)32-3)18-12-25-21(33-18)23(2,31)15-6-4-14(5-7-15)20(29)30/h8-12,14-15,31H,4-7H2,1-3H3,(H,29,30)(H,24,26,27,28)/t14-,15-,23?. The molecule has 1 fully saturated rings. The van der Waals surface area contributed by atoms with E-state index in [0.29, 0.717) is 48.2 Å². The van der Waals surface area contributed by atoms with E-state index in [-0.39, 0.29) is 11.8 Å². The van der Waals surface area contributed by atoms with Crippen LogP contribution in [0.3, 0.4) is 0 Å². The van der Waals surface area contributed by atoms with Crippen molar-refractivity contribution >= 4 is 28.9 Å². The van der Waals surface area contributed by atoms with E-state index in [1.807, 2.05) is 19.1 Å². The normalized spacial score (nSPS) is 20.1. The monoisotopic (exact) mass is 469 g/mol. The van der Waals surface area contributed by atoms with Crippen molar-refractivity contribution in [1.29, 1.82) is 0 Å². The fourth-order valence-corrected chi connectivity index (χ4v) is 5.15. The maximum Gasteiger partial charge on any atom is 0.306 e. The lowest BCUT2D eigenvalue weighted by Gasteiger charge is -2.35. The zero-order chi connectivity index (χ0) is 23.6. The Balaban J connectivity index is 1.56. The van der Waals surface area contributed by atoms with Gasteiger partial charge >= 0.3 is 5.97 Å². The van der Waals surface area contributed by atoms with Gasteiger partial charge in [0.05, 0.1) is 23.6 Å². The number of ether oxygens (including phenoxy) is 1. The van der Waals surface area contributed by atoms with Crippen LogP contribution in [0.4, 0.5) is 11.6 Å². The summed E-state index contributed by atoms with van der Waals surface area (Å²) in [4.78, 5) is 29.7. The summed E-state index contributed by atoms with van der Waals surface area (Å²) in [6, 6.07) is 5.44. The molecule has 10 heteroatoms. The number of carboxylic acids is 1.